The van der Waals surface area contributed by atoms with Gasteiger partial charge in [-0.2, -0.15) is 0 Å². The van der Waals surface area contributed by atoms with Crippen molar-refractivity contribution in [3.63, 3.8) is 0 Å². The van der Waals surface area contributed by atoms with Gasteiger partial charge in [-0.15, -0.1) is 11.3 Å². The van der Waals surface area contributed by atoms with Crippen LogP contribution in [0.25, 0.3) is 0 Å². The minimum atomic E-state index is 0.566. The summed E-state index contributed by atoms with van der Waals surface area (Å²) in [7, 11) is 0. The lowest BCUT2D eigenvalue weighted by atomic mass is 10.0. The van der Waals surface area contributed by atoms with Crippen LogP contribution in [0.15, 0.2) is 6.07 Å². The lowest BCUT2D eigenvalue weighted by molar-refractivity contribution is 0.146. The van der Waals surface area contributed by atoms with Crippen LogP contribution in [0.2, 0.25) is 0 Å². The molecule has 0 aliphatic carbocycles. The SMILES string of the molecule is CCCNC1CCCN(C(C)c2cc(C)sc2C)C1. The summed E-state index contributed by atoms with van der Waals surface area (Å²) < 4.78 is 0. The molecule has 1 fully saturated rings. The quantitative estimate of drug-likeness (QED) is 0.880. The van der Waals surface area contributed by atoms with Gasteiger partial charge in [0, 0.05) is 28.4 Å². The molecule has 1 aliphatic rings. The highest BCUT2D eigenvalue weighted by atomic mass is 32.1. The maximum atomic E-state index is 3.69. The van der Waals surface area contributed by atoms with Crippen LogP contribution in [0, 0.1) is 13.8 Å². The van der Waals surface area contributed by atoms with Crippen LogP contribution < -0.4 is 5.32 Å². The van der Waals surface area contributed by atoms with E-state index in [1.54, 1.807) is 5.56 Å². The Balaban J connectivity index is 1.98. The third-order valence-electron chi connectivity index (χ3n) is 4.21. The van der Waals surface area contributed by atoms with Crippen molar-refractivity contribution in [2.75, 3.05) is 19.6 Å². The number of hydrogen-bond donors (Lipinski definition) is 1. The molecule has 19 heavy (non-hydrogen) atoms. The van der Waals surface area contributed by atoms with Crippen LogP contribution in [0.5, 0.6) is 0 Å². The number of thiophene rings is 1. The van der Waals surface area contributed by atoms with Crippen LogP contribution >= 0.6 is 11.3 Å². The van der Waals surface area contributed by atoms with E-state index in [0.29, 0.717) is 12.1 Å². The van der Waals surface area contributed by atoms with Gasteiger partial charge in [-0.1, -0.05) is 6.92 Å². The molecule has 1 N–H and O–H groups in total. The average Bonchev–Trinajstić information content (AvgIpc) is 2.75. The van der Waals surface area contributed by atoms with Crippen LogP contribution in [-0.2, 0) is 0 Å². The van der Waals surface area contributed by atoms with Crippen molar-refractivity contribution in [1.29, 1.82) is 0 Å². The Hall–Kier alpha value is -0.380. The molecule has 2 atom stereocenters. The lowest BCUT2D eigenvalue weighted by Gasteiger charge is -2.37. The average molecular weight is 280 g/mol. The fourth-order valence-electron chi connectivity index (χ4n) is 3.14. The van der Waals surface area contributed by atoms with Crippen molar-refractivity contribution < 1.29 is 0 Å². The number of rotatable bonds is 5. The summed E-state index contributed by atoms with van der Waals surface area (Å²) in [6.45, 7) is 12.7. The molecule has 108 valence electrons. The van der Waals surface area contributed by atoms with Crippen molar-refractivity contribution in [3.05, 3.63) is 21.4 Å². The Morgan fingerprint density at radius 1 is 1.47 bits per heavy atom. The number of piperidine rings is 1. The molecule has 2 unspecified atom stereocenters. The molecule has 0 saturated carbocycles. The van der Waals surface area contributed by atoms with E-state index in [9.17, 15) is 0 Å². The summed E-state index contributed by atoms with van der Waals surface area (Å²) in [5, 5.41) is 3.69. The molecule has 0 bridgehead atoms. The van der Waals surface area contributed by atoms with E-state index in [1.165, 1.54) is 42.1 Å². The van der Waals surface area contributed by atoms with Crippen LogP contribution in [0.1, 0.15) is 54.5 Å². The van der Waals surface area contributed by atoms with Gasteiger partial charge >= 0.3 is 0 Å². The number of nitrogens with zero attached hydrogens (tertiary/aromatic N) is 1. The molecule has 0 radical (unpaired) electrons. The van der Waals surface area contributed by atoms with Gasteiger partial charge in [0.1, 0.15) is 0 Å². The molecule has 2 rings (SSSR count). The van der Waals surface area contributed by atoms with E-state index in [1.807, 2.05) is 11.3 Å². The summed E-state index contributed by atoms with van der Waals surface area (Å²) in [5.74, 6) is 0. The number of aryl methyl sites for hydroxylation is 2. The molecule has 2 heterocycles. The van der Waals surface area contributed by atoms with Gasteiger partial charge < -0.3 is 5.32 Å². The highest BCUT2D eigenvalue weighted by Crippen LogP contribution is 2.31. The van der Waals surface area contributed by atoms with Gasteiger partial charge in [-0.25, -0.2) is 0 Å². The second-order valence-corrected chi connectivity index (χ2v) is 7.29. The highest BCUT2D eigenvalue weighted by molar-refractivity contribution is 7.12. The number of likely N-dealkylation sites (tertiary alicyclic amines) is 1. The van der Waals surface area contributed by atoms with Gasteiger partial charge in [0.05, 0.1) is 0 Å². The molecule has 0 aromatic carbocycles. The molecule has 1 aromatic rings. The maximum Gasteiger partial charge on any atom is 0.0331 e. The predicted molar refractivity (Wildman–Crippen MR) is 85.1 cm³/mol. The molecule has 3 heteroatoms. The van der Waals surface area contributed by atoms with Crippen LogP contribution in [0.3, 0.4) is 0 Å². The van der Waals surface area contributed by atoms with Crippen LogP contribution in [-0.4, -0.2) is 30.6 Å². The molecular weight excluding hydrogens is 252 g/mol. The fraction of sp³-hybridized carbons (Fsp3) is 0.750. The first kappa shape index (κ1) is 15.0. The second-order valence-electron chi connectivity index (χ2n) is 5.83. The lowest BCUT2D eigenvalue weighted by Crippen LogP contribution is -2.46. The van der Waals surface area contributed by atoms with Gasteiger partial charge in [0.2, 0.25) is 0 Å². The van der Waals surface area contributed by atoms with E-state index >= 15 is 0 Å². The Kier molecular flexibility index (Phi) is 5.43. The normalized spacial score (nSPS) is 22.6. The third kappa shape index (κ3) is 3.80. The van der Waals surface area contributed by atoms with E-state index in [2.05, 4.69) is 44.0 Å². The van der Waals surface area contributed by atoms with Gasteiger partial charge in [-0.3, -0.25) is 4.90 Å². The topological polar surface area (TPSA) is 15.3 Å². The van der Waals surface area contributed by atoms with E-state index < -0.39 is 0 Å². The Bertz CT molecular complexity index is 399. The molecule has 2 nitrogen and oxygen atoms in total. The molecule has 1 aromatic heterocycles. The smallest absolute Gasteiger partial charge is 0.0331 e. The Morgan fingerprint density at radius 3 is 2.89 bits per heavy atom. The fourth-order valence-corrected chi connectivity index (χ4v) is 4.15. The highest BCUT2D eigenvalue weighted by Gasteiger charge is 2.25. The monoisotopic (exact) mass is 280 g/mol. The van der Waals surface area contributed by atoms with Crippen molar-refractivity contribution in [3.8, 4) is 0 Å². The first-order valence-corrected chi connectivity index (χ1v) is 8.47. The van der Waals surface area contributed by atoms with Crippen molar-refractivity contribution in [2.24, 2.45) is 0 Å². The zero-order valence-electron chi connectivity index (χ0n) is 12.8. The first-order valence-electron chi connectivity index (χ1n) is 7.66. The molecule has 0 spiro atoms. The predicted octanol–water partition coefficient (Wildman–Crippen LogP) is 3.89. The van der Waals surface area contributed by atoms with Crippen molar-refractivity contribution in [2.45, 2.75) is 59.0 Å². The van der Waals surface area contributed by atoms with E-state index in [4.69, 9.17) is 0 Å². The molecular formula is C16H28N2S. The second kappa shape index (κ2) is 6.87. The summed E-state index contributed by atoms with van der Waals surface area (Å²) in [5.41, 5.74) is 1.54. The summed E-state index contributed by atoms with van der Waals surface area (Å²) in [4.78, 5) is 5.59. The third-order valence-corrected chi connectivity index (χ3v) is 5.19. The van der Waals surface area contributed by atoms with Crippen LogP contribution in [0.4, 0.5) is 0 Å². The van der Waals surface area contributed by atoms with E-state index in [0.717, 1.165) is 6.54 Å². The largest absolute Gasteiger partial charge is 0.313 e. The summed E-state index contributed by atoms with van der Waals surface area (Å²) in [6, 6.07) is 3.64. The van der Waals surface area contributed by atoms with Gasteiger partial charge in [0.15, 0.2) is 0 Å². The number of hydrogen-bond acceptors (Lipinski definition) is 3. The van der Waals surface area contributed by atoms with Gasteiger partial charge in [0.25, 0.3) is 0 Å². The molecule has 0 amide bonds. The zero-order chi connectivity index (χ0) is 13.8. The van der Waals surface area contributed by atoms with Crippen molar-refractivity contribution >= 4 is 11.3 Å². The summed E-state index contributed by atoms with van der Waals surface area (Å²) >= 11 is 1.93. The number of nitrogens with one attached hydrogen (secondary N) is 1. The Morgan fingerprint density at radius 2 is 2.26 bits per heavy atom. The first-order chi connectivity index (χ1) is 9.11. The molecule has 1 aliphatic heterocycles. The Labute approximate surface area is 122 Å². The summed E-state index contributed by atoms with van der Waals surface area (Å²) in [6.07, 6.45) is 3.90. The molecule has 1 saturated heterocycles. The minimum absolute atomic E-state index is 0.566. The standard InChI is InChI=1S/C16H28N2S/c1-5-8-17-15-7-6-9-18(11-15)13(3)16-10-12(2)19-14(16)4/h10,13,15,17H,5-9,11H2,1-4H3. The van der Waals surface area contributed by atoms with Crippen molar-refractivity contribution in [1.82, 2.24) is 10.2 Å². The minimum Gasteiger partial charge on any atom is -0.313 e. The van der Waals surface area contributed by atoms with E-state index in [-0.39, 0.29) is 0 Å². The van der Waals surface area contributed by atoms with Gasteiger partial charge in [-0.05, 0) is 64.8 Å². The zero-order valence-corrected chi connectivity index (χ0v) is 13.6. The maximum absolute atomic E-state index is 3.69.